The highest BCUT2D eigenvalue weighted by atomic mass is 16.5. The minimum absolute atomic E-state index is 0.122. The third-order valence-corrected chi connectivity index (χ3v) is 3.39. The van der Waals surface area contributed by atoms with Gasteiger partial charge in [-0.3, -0.25) is 9.59 Å². The predicted octanol–water partition coefficient (Wildman–Crippen LogP) is 4.69. The van der Waals surface area contributed by atoms with E-state index in [0.29, 0.717) is 17.9 Å². The number of amides is 1. The number of benzene rings is 1. The number of hydrogen-bond acceptors (Lipinski definition) is 3. The summed E-state index contributed by atoms with van der Waals surface area (Å²) in [6.45, 7) is 3.66. The standard InChI is InChI=1S/C18H27NO3/c1-3-4-5-6-7-8-9-10-18(21)22-17-13-11-16(12-14-17)19-15(2)20/h11-14H,3-10H2,1-2H3,(H,19,20). The van der Waals surface area contributed by atoms with Crippen LogP contribution in [0.1, 0.15) is 65.2 Å². The second-order valence-electron chi connectivity index (χ2n) is 5.55. The van der Waals surface area contributed by atoms with Crippen molar-refractivity contribution >= 4 is 17.6 Å². The first-order valence-corrected chi connectivity index (χ1v) is 8.20. The average molecular weight is 305 g/mol. The van der Waals surface area contributed by atoms with Crippen LogP contribution in [0, 0.1) is 0 Å². The first kappa shape index (κ1) is 18.2. The molecule has 0 aliphatic carbocycles. The number of hydrogen-bond donors (Lipinski definition) is 1. The highest BCUT2D eigenvalue weighted by molar-refractivity contribution is 5.88. The Morgan fingerprint density at radius 1 is 0.955 bits per heavy atom. The normalized spacial score (nSPS) is 10.3. The molecule has 1 aromatic rings. The zero-order valence-electron chi connectivity index (χ0n) is 13.7. The maximum Gasteiger partial charge on any atom is 0.311 e. The number of carbonyl (C=O) groups is 2. The van der Waals surface area contributed by atoms with Gasteiger partial charge in [0, 0.05) is 19.0 Å². The van der Waals surface area contributed by atoms with Crippen LogP contribution in [0.4, 0.5) is 5.69 Å². The van der Waals surface area contributed by atoms with Crippen molar-refractivity contribution in [2.75, 3.05) is 5.32 Å². The van der Waals surface area contributed by atoms with Crippen LogP contribution < -0.4 is 10.1 Å². The van der Waals surface area contributed by atoms with E-state index in [-0.39, 0.29) is 11.9 Å². The zero-order chi connectivity index (χ0) is 16.2. The van der Waals surface area contributed by atoms with E-state index in [2.05, 4.69) is 12.2 Å². The molecule has 1 rings (SSSR count). The quantitative estimate of drug-likeness (QED) is 0.387. The molecule has 0 heterocycles. The lowest BCUT2D eigenvalue weighted by molar-refractivity contribution is -0.134. The van der Waals surface area contributed by atoms with Crippen molar-refractivity contribution in [2.45, 2.75) is 65.2 Å². The molecule has 0 aliphatic heterocycles. The molecule has 0 bridgehead atoms. The molecular formula is C18H27NO3. The minimum Gasteiger partial charge on any atom is -0.427 e. The summed E-state index contributed by atoms with van der Waals surface area (Å²) in [6, 6.07) is 6.82. The fourth-order valence-electron chi connectivity index (χ4n) is 2.22. The Hall–Kier alpha value is -1.84. The number of unbranched alkanes of at least 4 members (excludes halogenated alkanes) is 6. The van der Waals surface area contributed by atoms with Crippen LogP contribution in [0.15, 0.2) is 24.3 Å². The molecule has 0 aromatic heterocycles. The number of anilines is 1. The summed E-state index contributed by atoms with van der Waals surface area (Å²) in [5.41, 5.74) is 0.694. The van der Waals surface area contributed by atoms with E-state index in [4.69, 9.17) is 4.74 Å². The van der Waals surface area contributed by atoms with E-state index >= 15 is 0 Å². The Morgan fingerprint density at radius 2 is 1.55 bits per heavy atom. The van der Waals surface area contributed by atoms with Crippen molar-refractivity contribution < 1.29 is 14.3 Å². The molecule has 0 fully saturated rings. The summed E-state index contributed by atoms with van der Waals surface area (Å²) < 4.78 is 5.27. The topological polar surface area (TPSA) is 55.4 Å². The molecule has 4 heteroatoms. The number of carbonyl (C=O) groups excluding carboxylic acids is 2. The highest BCUT2D eigenvalue weighted by Gasteiger charge is 2.05. The van der Waals surface area contributed by atoms with Gasteiger partial charge in [0.15, 0.2) is 0 Å². The minimum atomic E-state index is -0.194. The first-order valence-electron chi connectivity index (χ1n) is 8.20. The van der Waals surface area contributed by atoms with Crippen LogP contribution in [-0.2, 0) is 9.59 Å². The lowest BCUT2D eigenvalue weighted by Crippen LogP contribution is -2.08. The summed E-state index contributed by atoms with van der Waals surface area (Å²) in [4.78, 5) is 22.6. The van der Waals surface area contributed by atoms with E-state index in [1.807, 2.05) is 0 Å². The van der Waals surface area contributed by atoms with E-state index in [9.17, 15) is 9.59 Å². The van der Waals surface area contributed by atoms with Gasteiger partial charge in [-0.15, -0.1) is 0 Å². The molecule has 1 aromatic carbocycles. The van der Waals surface area contributed by atoms with Gasteiger partial charge in [-0.1, -0.05) is 45.4 Å². The van der Waals surface area contributed by atoms with Gasteiger partial charge >= 0.3 is 5.97 Å². The van der Waals surface area contributed by atoms with E-state index in [1.54, 1.807) is 24.3 Å². The maximum atomic E-state index is 11.7. The molecule has 0 unspecified atom stereocenters. The van der Waals surface area contributed by atoms with Gasteiger partial charge in [-0.05, 0) is 30.7 Å². The first-order chi connectivity index (χ1) is 10.6. The van der Waals surface area contributed by atoms with E-state index in [0.717, 1.165) is 12.8 Å². The molecule has 0 aliphatic rings. The lowest BCUT2D eigenvalue weighted by Gasteiger charge is -2.06. The molecular weight excluding hydrogens is 278 g/mol. The third-order valence-electron chi connectivity index (χ3n) is 3.39. The molecule has 22 heavy (non-hydrogen) atoms. The zero-order valence-corrected chi connectivity index (χ0v) is 13.7. The molecule has 122 valence electrons. The number of rotatable bonds is 10. The molecule has 0 saturated heterocycles. The van der Waals surface area contributed by atoms with Crippen LogP contribution >= 0.6 is 0 Å². The smallest absolute Gasteiger partial charge is 0.311 e. The van der Waals surface area contributed by atoms with Crippen LogP contribution in [-0.4, -0.2) is 11.9 Å². The van der Waals surface area contributed by atoms with Gasteiger partial charge in [0.05, 0.1) is 0 Å². The van der Waals surface area contributed by atoms with Crippen LogP contribution in [0.3, 0.4) is 0 Å². The van der Waals surface area contributed by atoms with Gasteiger partial charge in [0.2, 0.25) is 5.91 Å². The van der Waals surface area contributed by atoms with Crippen molar-refractivity contribution in [1.82, 2.24) is 0 Å². The predicted molar refractivity (Wildman–Crippen MR) is 89.0 cm³/mol. The molecule has 0 radical (unpaired) electrons. The monoisotopic (exact) mass is 305 g/mol. The molecule has 0 saturated carbocycles. The van der Waals surface area contributed by atoms with Crippen LogP contribution in [0.25, 0.3) is 0 Å². The van der Waals surface area contributed by atoms with E-state index in [1.165, 1.54) is 39.0 Å². The molecule has 1 amide bonds. The largest absolute Gasteiger partial charge is 0.427 e. The van der Waals surface area contributed by atoms with E-state index < -0.39 is 0 Å². The Kier molecular flexibility index (Phi) is 8.96. The second-order valence-corrected chi connectivity index (χ2v) is 5.55. The van der Waals surface area contributed by atoms with Gasteiger partial charge in [-0.25, -0.2) is 0 Å². The fourth-order valence-corrected chi connectivity index (χ4v) is 2.22. The lowest BCUT2D eigenvalue weighted by atomic mass is 10.1. The van der Waals surface area contributed by atoms with Crippen LogP contribution in [0.5, 0.6) is 5.75 Å². The van der Waals surface area contributed by atoms with Crippen molar-refractivity contribution in [3.05, 3.63) is 24.3 Å². The maximum absolute atomic E-state index is 11.7. The molecule has 0 spiro atoms. The Labute approximate surface area is 133 Å². The second kappa shape index (κ2) is 10.8. The number of ether oxygens (including phenoxy) is 1. The summed E-state index contributed by atoms with van der Waals surface area (Å²) in [5.74, 6) is 0.201. The van der Waals surface area contributed by atoms with Gasteiger partial charge in [0.25, 0.3) is 0 Å². The third kappa shape index (κ3) is 8.45. The number of esters is 1. The Balaban J connectivity index is 2.17. The summed E-state index contributed by atoms with van der Waals surface area (Å²) in [6.07, 6.45) is 8.73. The van der Waals surface area contributed by atoms with Crippen LogP contribution in [0.2, 0.25) is 0 Å². The number of nitrogens with one attached hydrogen (secondary N) is 1. The summed E-state index contributed by atoms with van der Waals surface area (Å²) in [5, 5.41) is 2.67. The summed E-state index contributed by atoms with van der Waals surface area (Å²) in [7, 11) is 0. The van der Waals surface area contributed by atoms with Crippen molar-refractivity contribution in [3.63, 3.8) is 0 Å². The Bertz CT molecular complexity index is 454. The van der Waals surface area contributed by atoms with Gasteiger partial charge in [-0.2, -0.15) is 0 Å². The summed E-state index contributed by atoms with van der Waals surface area (Å²) >= 11 is 0. The molecule has 0 atom stereocenters. The Morgan fingerprint density at radius 3 is 2.14 bits per heavy atom. The van der Waals surface area contributed by atoms with Crippen molar-refractivity contribution in [2.24, 2.45) is 0 Å². The molecule has 4 nitrogen and oxygen atoms in total. The van der Waals surface area contributed by atoms with Crippen molar-refractivity contribution in [3.8, 4) is 5.75 Å². The van der Waals surface area contributed by atoms with Crippen molar-refractivity contribution in [1.29, 1.82) is 0 Å². The fraction of sp³-hybridized carbons (Fsp3) is 0.556. The average Bonchev–Trinajstić information content (AvgIpc) is 2.48. The van der Waals surface area contributed by atoms with Gasteiger partial charge < -0.3 is 10.1 Å². The highest BCUT2D eigenvalue weighted by Crippen LogP contribution is 2.17. The van der Waals surface area contributed by atoms with Gasteiger partial charge in [0.1, 0.15) is 5.75 Å². The molecule has 1 N–H and O–H groups in total. The SMILES string of the molecule is CCCCCCCCCC(=O)Oc1ccc(NC(C)=O)cc1.